The second-order valence-electron chi connectivity index (χ2n) is 5.73. The Kier molecular flexibility index (Phi) is 7.17. The van der Waals surface area contributed by atoms with Gasteiger partial charge in [0.15, 0.2) is 5.96 Å². The molecule has 0 atom stereocenters. The molecule has 1 aliphatic rings. The molecule has 128 valence electrons. The molecule has 2 N–H and O–H groups in total. The molecule has 23 heavy (non-hydrogen) atoms. The lowest BCUT2D eigenvalue weighted by Gasteiger charge is -2.36. The molecule has 0 aromatic heterocycles. The van der Waals surface area contributed by atoms with Crippen molar-refractivity contribution in [2.45, 2.75) is 24.0 Å². The number of nitrogens with zero attached hydrogens (tertiary/aromatic N) is 1. The summed E-state index contributed by atoms with van der Waals surface area (Å²) in [6, 6.07) is 6.71. The van der Waals surface area contributed by atoms with Gasteiger partial charge in [0.2, 0.25) is 0 Å². The van der Waals surface area contributed by atoms with Gasteiger partial charge >= 0.3 is 0 Å². The summed E-state index contributed by atoms with van der Waals surface area (Å²) >= 11 is 1.90. The van der Waals surface area contributed by atoms with Crippen LogP contribution in [-0.2, 0) is 11.2 Å². The zero-order valence-electron chi connectivity index (χ0n) is 13.9. The predicted octanol–water partition coefficient (Wildman–Crippen LogP) is 2.45. The molecule has 0 spiro atoms. The number of ether oxygens (including phenoxy) is 1. The average Bonchev–Trinajstić information content (AvgIpc) is 2.59. The predicted molar refractivity (Wildman–Crippen MR) is 95.8 cm³/mol. The van der Waals surface area contributed by atoms with Crippen LogP contribution in [0.25, 0.3) is 0 Å². The fraction of sp³-hybridized carbons (Fsp3) is 0.588. The van der Waals surface area contributed by atoms with E-state index in [-0.39, 0.29) is 10.6 Å². The highest BCUT2D eigenvalue weighted by Gasteiger charge is 2.31. The number of hydrogen-bond acceptors (Lipinski definition) is 3. The van der Waals surface area contributed by atoms with E-state index in [0.717, 1.165) is 57.1 Å². The van der Waals surface area contributed by atoms with Crippen LogP contribution < -0.4 is 10.6 Å². The Hall–Kier alpha value is -1.27. The number of hydrogen-bond donors (Lipinski definition) is 2. The number of guanidine groups is 1. The molecule has 1 heterocycles. The van der Waals surface area contributed by atoms with Crippen molar-refractivity contribution in [2.24, 2.45) is 4.99 Å². The van der Waals surface area contributed by atoms with E-state index in [4.69, 9.17) is 4.74 Å². The minimum Gasteiger partial charge on any atom is -0.381 e. The molecular weight excluding hydrogens is 313 g/mol. The summed E-state index contributed by atoms with van der Waals surface area (Å²) in [6.07, 6.45) is 5.04. The lowest BCUT2D eigenvalue weighted by Crippen LogP contribution is -2.48. The summed E-state index contributed by atoms with van der Waals surface area (Å²) < 4.78 is 18.8. The van der Waals surface area contributed by atoms with E-state index >= 15 is 0 Å². The van der Waals surface area contributed by atoms with Crippen LogP contribution in [0.4, 0.5) is 4.39 Å². The SMILES string of the molecule is CN=C(NCCc1cccc(F)c1)NCC1(SC)CCOCC1. The summed E-state index contributed by atoms with van der Waals surface area (Å²) in [5.74, 6) is 0.604. The lowest BCUT2D eigenvalue weighted by molar-refractivity contribution is 0.0783. The van der Waals surface area contributed by atoms with Crippen LogP contribution in [0.1, 0.15) is 18.4 Å². The quantitative estimate of drug-likeness (QED) is 0.617. The monoisotopic (exact) mass is 339 g/mol. The van der Waals surface area contributed by atoms with Gasteiger partial charge in [-0.1, -0.05) is 12.1 Å². The number of benzene rings is 1. The van der Waals surface area contributed by atoms with Gasteiger partial charge in [-0.3, -0.25) is 4.99 Å². The Morgan fingerprint density at radius 3 is 2.78 bits per heavy atom. The summed E-state index contributed by atoms with van der Waals surface area (Å²) in [7, 11) is 1.77. The van der Waals surface area contributed by atoms with E-state index in [0.29, 0.717) is 0 Å². The fourth-order valence-corrected chi connectivity index (χ4v) is 3.47. The molecule has 0 aliphatic carbocycles. The van der Waals surface area contributed by atoms with Crippen molar-refractivity contribution in [1.82, 2.24) is 10.6 Å². The van der Waals surface area contributed by atoms with Gasteiger partial charge in [-0.2, -0.15) is 11.8 Å². The van der Waals surface area contributed by atoms with Crippen molar-refractivity contribution >= 4 is 17.7 Å². The Morgan fingerprint density at radius 2 is 2.13 bits per heavy atom. The van der Waals surface area contributed by atoms with Crippen molar-refractivity contribution in [2.75, 3.05) is 39.6 Å². The summed E-state index contributed by atoms with van der Waals surface area (Å²) in [5.41, 5.74) is 0.984. The molecule has 0 unspecified atom stereocenters. The van der Waals surface area contributed by atoms with Crippen LogP contribution >= 0.6 is 11.8 Å². The topological polar surface area (TPSA) is 45.7 Å². The molecule has 1 aliphatic heterocycles. The van der Waals surface area contributed by atoms with Gasteiger partial charge < -0.3 is 15.4 Å². The van der Waals surface area contributed by atoms with Crippen molar-refractivity contribution < 1.29 is 9.13 Å². The summed E-state index contributed by atoms with van der Waals surface area (Å²) in [6.45, 7) is 3.25. The third-order valence-corrected chi connectivity index (χ3v) is 5.65. The van der Waals surface area contributed by atoms with Crippen molar-refractivity contribution in [1.29, 1.82) is 0 Å². The molecule has 1 fully saturated rings. The minimum absolute atomic E-state index is 0.188. The van der Waals surface area contributed by atoms with E-state index in [1.165, 1.54) is 6.07 Å². The zero-order chi connectivity index (χ0) is 16.5. The number of rotatable bonds is 6. The molecule has 2 rings (SSSR count). The molecule has 6 heteroatoms. The van der Waals surface area contributed by atoms with Crippen molar-refractivity contribution in [3.63, 3.8) is 0 Å². The molecule has 4 nitrogen and oxygen atoms in total. The maximum atomic E-state index is 13.2. The first kappa shape index (κ1) is 18.1. The van der Waals surface area contributed by atoms with Gasteiger partial charge in [-0.25, -0.2) is 4.39 Å². The molecule has 1 aromatic rings. The maximum Gasteiger partial charge on any atom is 0.191 e. The molecule has 0 radical (unpaired) electrons. The first-order valence-corrected chi connectivity index (χ1v) is 9.22. The highest BCUT2D eigenvalue weighted by Crippen LogP contribution is 2.32. The molecule has 0 amide bonds. The Labute approximate surface area is 142 Å². The van der Waals surface area contributed by atoms with E-state index in [1.54, 1.807) is 19.2 Å². The van der Waals surface area contributed by atoms with Crippen LogP contribution in [0.5, 0.6) is 0 Å². The van der Waals surface area contributed by atoms with Gasteiger partial charge in [0.25, 0.3) is 0 Å². The van der Waals surface area contributed by atoms with Crippen LogP contribution in [0.2, 0.25) is 0 Å². The Bertz CT molecular complexity index is 518. The molecule has 0 saturated carbocycles. The van der Waals surface area contributed by atoms with Crippen LogP contribution in [-0.4, -0.2) is 50.3 Å². The highest BCUT2D eigenvalue weighted by molar-refractivity contribution is 8.00. The molecule has 1 aromatic carbocycles. The molecule has 0 bridgehead atoms. The smallest absolute Gasteiger partial charge is 0.191 e. The summed E-state index contributed by atoms with van der Waals surface area (Å²) in [5, 5.41) is 6.71. The van der Waals surface area contributed by atoms with E-state index in [2.05, 4.69) is 21.9 Å². The van der Waals surface area contributed by atoms with Crippen LogP contribution in [0, 0.1) is 5.82 Å². The van der Waals surface area contributed by atoms with Gasteiger partial charge in [0.05, 0.1) is 0 Å². The Morgan fingerprint density at radius 1 is 1.35 bits per heavy atom. The second-order valence-corrected chi connectivity index (χ2v) is 7.01. The second kappa shape index (κ2) is 9.13. The van der Waals surface area contributed by atoms with E-state index < -0.39 is 0 Å². The van der Waals surface area contributed by atoms with Gasteiger partial charge in [0, 0.05) is 38.1 Å². The third kappa shape index (κ3) is 5.70. The normalized spacial score (nSPS) is 17.8. The number of nitrogens with one attached hydrogen (secondary N) is 2. The standard InChI is InChI=1S/C17H26FN3OS/c1-19-16(20-9-6-14-4-3-5-15(18)12-14)21-13-17(23-2)7-10-22-11-8-17/h3-5,12H,6-11,13H2,1-2H3,(H2,19,20,21). The fourth-order valence-electron chi connectivity index (χ4n) is 2.68. The average molecular weight is 339 g/mol. The number of aliphatic imine (C=N–C) groups is 1. The number of thioether (sulfide) groups is 1. The van der Waals surface area contributed by atoms with Gasteiger partial charge in [-0.05, 0) is 43.2 Å². The maximum absolute atomic E-state index is 13.2. The number of halogens is 1. The van der Waals surface area contributed by atoms with Gasteiger partial charge in [0.1, 0.15) is 5.82 Å². The first-order chi connectivity index (χ1) is 11.2. The highest BCUT2D eigenvalue weighted by atomic mass is 32.2. The van der Waals surface area contributed by atoms with Crippen LogP contribution in [0.15, 0.2) is 29.3 Å². The van der Waals surface area contributed by atoms with Gasteiger partial charge in [-0.15, -0.1) is 0 Å². The Balaban J connectivity index is 1.77. The molecule has 1 saturated heterocycles. The van der Waals surface area contributed by atoms with Crippen molar-refractivity contribution in [3.05, 3.63) is 35.6 Å². The molecular formula is C17H26FN3OS. The lowest BCUT2D eigenvalue weighted by atomic mass is 9.99. The summed E-state index contributed by atoms with van der Waals surface area (Å²) in [4.78, 5) is 4.27. The van der Waals surface area contributed by atoms with Crippen LogP contribution in [0.3, 0.4) is 0 Å². The first-order valence-electron chi connectivity index (χ1n) is 7.99. The largest absolute Gasteiger partial charge is 0.381 e. The minimum atomic E-state index is -0.188. The van der Waals surface area contributed by atoms with E-state index in [1.807, 2.05) is 17.8 Å². The third-order valence-electron chi connectivity index (χ3n) is 4.23. The zero-order valence-corrected chi connectivity index (χ0v) is 14.7. The van der Waals surface area contributed by atoms with E-state index in [9.17, 15) is 4.39 Å². The van der Waals surface area contributed by atoms with Crippen molar-refractivity contribution in [3.8, 4) is 0 Å².